The number of fused-ring (bicyclic) bond motifs is 6. The third-order valence-corrected chi connectivity index (χ3v) is 5.97. The number of aromatic nitrogens is 2. The Morgan fingerprint density at radius 1 is 0.788 bits per heavy atom. The fraction of sp³-hybridized carbons (Fsp3) is 0.0417. The molecule has 3 heterocycles. The van der Waals surface area contributed by atoms with Crippen molar-refractivity contribution in [2.45, 2.75) is 6.04 Å². The number of hydrogen-bond donors (Lipinski definition) is 0. The summed E-state index contributed by atoms with van der Waals surface area (Å²) in [4.78, 5) is 50.9. The normalized spacial score (nSPS) is 14.4. The van der Waals surface area contributed by atoms with Gasteiger partial charge in [0.15, 0.2) is 0 Å². The van der Waals surface area contributed by atoms with Gasteiger partial charge >= 0.3 is 5.63 Å². The van der Waals surface area contributed by atoms with Gasteiger partial charge < -0.3 is 4.42 Å². The summed E-state index contributed by atoms with van der Waals surface area (Å²) in [5, 5.41) is 12.1. The van der Waals surface area contributed by atoms with Crippen LogP contribution < -0.4 is 16.7 Å². The van der Waals surface area contributed by atoms with Gasteiger partial charge in [-0.3, -0.25) is 19.7 Å². The molecule has 1 aliphatic heterocycles. The Kier molecular flexibility index (Phi) is 3.79. The maximum Gasteiger partial charge on any atom is 0.344 e. The molecule has 160 valence electrons. The van der Waals surface area contributed by atoms with E-state index in [1.54, 1.807) is 48.5 Å². The lowest BCUT2D eigenvalue weighted by Gasteiger charge is -2.15. The van der Waals surface area contributed by atoms with E-state index in [1.807, 2.05) is 0 Å². The molecule has 0 saturated heterocycles. The van der Waals surface area contributed by atoms with Crippen LogP contribution in [0.4, 0.5) is 5.69 Å². The van der Waals surface area contributed by atoms with Crippen LogP contribution in [0.5, 0.6) is 0 Å². The van der Waals surface area contributed by atoms with Crippen LogP contribution in [-0.4, -0.2) is 14.3 Å². The third kappa shape index (κ3) is 2.50. The Hall–Kier alpha value is -4.79. The Morgan fingerprint density at radius 2 is 1.39 bits per heavy atom. The van der Waals surface area contributed by atoms with E-state index in [4.69, 9.17) is 4.42 Å². The Balaban J connectivity index is 1.82. The number of nitrogens with zero attached hydrogens (tertiary/aromatic N) is 3. The molecule has 2 aromatic heterocycles. The van der Waals surface area contributed by atoms with E-state index in [0.717, 1.165) is 0 Å². The van der Waals surface area contributed by atoms with Gasteiger partial charge in [0.1, 0.15) is 11.6 Å². The standard InChI is InChI=1S/C24H13N3O6/c28-22-15-5-1-2-6-16(15)23(29)26-21-17-7-3-4-8-18(17)33-24(30)19(21)20(25(22)26)13-9-11-14(12-10-13)27(31)32/h1-12,20H. The van der Waals surface area contributed by atoms with Crippen molar-refractivity contribution >= 4 is 27.4 Å². The zero-order valence-corrected chi connectivity index (χ0v) is 16.8. The quantitative estimate of drug-likeness (QED) is 0.232. The maximum absolute atomic E-state index is 13.6. The molecule has 6 rings (SSSR count). The molecule has 0 aliphatic carbocycles. The van der Waals surface area contributed by atoms with E-state index in [9.17, 15) is 24.5 Å². The molecular formula is C24H13N3O6. The molecule has 0 N–H and O–H groups in total. The molecule has 0 fully saturated rings. The predicted molar refractivity (Wildman–Crippen MR) is 120 cm³/mol. The number of nitro groups is 1. The molecule has 0 saturated carbocycles. The molecule has 0 spiro atoms. The number of rotatable bonds is 2. The van der Waals surface area contributed by atoms with Crippen LogP contribution in [-0.2, 0) is 0 Å². The monoisotopic (exact) mass is 439 g/mol. The van der Waals surface area contributed by atoms with E-state index in [-0.39, 0.29) is 33.3 Å². The van der Waals surface area contributed by atoms with Crippen molar-refractivity contribution in [1.29, 1.82) is 0 Å². The maximum atomic E-state index is 13.6. The van der Waals surface area contributed by atoms with Crippen LogP contribution in [0.2, 0.25) is 0 Å². The second-order valence-corrected chi connectivity index (χ2v) is 7.71. The molecule has 9 heteroatoms. The van der Waals surface area contributed by atoms with Gasteiger partial charge in [0.25, 0.3) is 16.8 Å². The van der Waals surface area contributed by atoms with Gasteiger partial charge in [-0.25, -0.2) is 14.2 Å². The Bertz CT molecular complexity index is 1810. The first-order chi connectivity index (χ1) is 16.0. The fourth-order valence-electron chi connectivity index (χ4n) is 4.55. The first-order valence-corrected chi connectivity index (χ1v) is 10.0. The molecule has 1 unspecified atom stereocenters. The fourth-order valence-corrected chi connectivity index (χ4v) is 4.55. The van der Waals surface area contributed by atoms with Gasteiger partial charge in [0, 0.05) is 17.5 Å². The Morgan fingerprint density at radius 3 is 2.06 bits per heavy atom. The van der Waals surface area contributed by atoms with Crippen LogP contribution in [0.25, 0.3) is 27.4 Å². The zero-order valence-electron chi connectivity index (χ0n) is 16.8. The van der Waals surface area contributed by atoms with E-state index in [2.05, 4.69) is 0 Å². The molecule has 0 radical (unpaired) electrons. The topological polar surface area (TPSA) is 117 Å². The van der Waals surface area contributed by atoms with Crippen molar-refractivity contribution in [1.82, 2.24) is 9.36 Å². The largest absolute Gasteiger partial charge is 0.422 e. The van der Waals surface area contributed by atoms with Crippen LogP contribution in [0, 0.1) is 10.1 Å². The molecule has 0 amide bonds. The molecule has 1 atom stereocenters. The highest BCUT2D eigenvalue weighted by Crippen LogP contribution is 2.37. The van der Waals surface area contributed by atoms with Crippen molar-refractivity contribution in [3.05, 3.63) is 125 Å². The van der Waals surface area contributed by atoms with Gasteiger partial charge in [0.05, 0.1) is 26.9 Å². The smallest absolute Gasteiger partial charge is 0.344 e. The van der Waals surface area contributed by atoms with Crippen molar-refractivity contribution in [3.8, 4) is 5.69 Å². The van der Waals surface area contributed by atoms with E-state index >= 15 is 0 Å². The van der Waals surface area contributed by atoms with Crippen LogP contribution in [0.15, 0.2) is 91.6 Å². The van der Waals surface area contributed by atoms with E-state index in [1.165, 1.54) is 33.6 Å². The molecule has 5 aromatic rings. The van der Waals surface area contributed by atoms with Crippen molar-refractivity contribution in [2.24, 2.45) is 0 Å². The van der Waals surface area contributed by atoms with Gasteiger partial charge in [0.2, 0.25) is 0 Å². The number of hydrogen-bond acceptors (Lipinski definition) is 6. The summed E-state index contributed by atoms with van der Waals surface area (Å²) in [6, 6.07) is 17.8. The van der Waals surface area contributed by atoms with Gasteiger partial charge in [-0.05, 0) is 42.0 Å². The number of nitro benzene ring substituents is 1. The first-order valence-electron chi connectivity index (χ1n) is 10.0. The summed E-state index contributed by atoms with van der Waals surface area (Å²) in [6.45, 7) is 0. The summed E-state index contributed by atoms with van der Waals surface area (Å²) in [7, 11) is 0. The minimum absolute atomic E-state index is 0.122. The number of para-hydroxylation sites is 1. The summed E-state index contributed by atoms with van der Waals surface area (Å²) in [5.74, 6) is 0. The summed E-state index contributed by atoms with van der Waals surface area (Å²) >= 11 is 0. The lowest BCUT2D eigenvalue weighted by molar-refractivity contribution is -0.384. The molecule has 3 aromatic carbocycles. The summed E-state index contributed by atoms with van der Waals surface area (Å²) in [5.41, 5.74) is -0.621. The summed E-state index contributed by atoms with van der Waals surface area (Å²) in [6.07, 6.45) is 0. The molecule has 0 bridgehead atoms. The number of non-ortho nitro benzene ring substituents is 1. The highest BCUT2D eigenvalue weighted by Gasteiger charge is 2.37. The molecule has 9 nitrogen and oxygen atoms in total. The SMILES string of the molecule is O=c1oc2ccccc2c2c1C(c1ccc([N+](=O)[O-])cc1)n1c(=O)c3ccccc3c(=O)n1-2. The zero-order chi connectivity index (χ0) is 22.9. The second-order valence-electron chi connectivity index (χ2n) is 7.71. The highest BCUT2D eigenvalue weighted by atomic mass is 16.6. The lowest BCUT2D eigenvalue weighted by atomic mass is 9.98. The van der Waals surface area contributed by atoms with Crippen molar-refractivity contribution in [3.63, 3.8) is 0 Å². The molecule has 33 heavy (non-hydrogen) atoms. The minimum Gasteiger partial charge on any atom is -0.422 e. The average molecular weight is 439 g/mol. The van der Waals surface area contributed by atoms with Crippen molar-refractivity contribution in [2.75, 3.05) is 0 Å². The lowest BCUT2D eigenvalue weighted by Crippen LogP contribution is -2.36. The van der Waals surface area contributed by atoms with E-state index in [0.29, 0.717) is 10.9 Å². The third-order valence-electron chi connectivity index (χ3n) is 5.97. The summed E-state index contributed by atoms with van der Waals surface area (Å²) < 4.78 is 8.00. The molecular weight excluding hydrogens is 426 g/mol. The number of benzene rings is 3. The average Bonchev–Trinajstić information content (AvgIpc) is 3.20. The Labute approximate surface area is 183 Å². The van der Waals surface area contributed by atoms with Crippen molar-refractivity contribution < 1.29 is 9.34 Å². The van der Waals surface area contributed by atoms with Crippen LogP contribution in [0.1, 0.15) is 17.2 Å². The van der Waals surface area contributed by atoms with Gasteiger partial charge in [-0.15, -0.1) is 0 Å². The predicted octanol–water partition coefficient (Wildman–Crippen LogP) is 3.12. The highest BCUT2D eigenvalue weighted by molar-refractivity contribution is 5.89. The van der Waals surface area contributed by atoms with Gasteiger partial charge in [-0.1, -0.05) is 24.3 Å². The minimum atomic E-state index is -0.994. The second kappa shape index (κ2) is 6.60. The van der Waals surface area contributed by atoms with E-state index < -0.39 is 27.7 Å². The first kappa shape index (κ1) is 18.9. The van der Waals surface area contributed by atoms with Crippen LogP contribution in [0.3, 0.4) is 0 Å². The van der Waals surface area contributed by atoms with Crippen LogP contribution >= 0.6 is 0 Å². The molecule has 1 aliphatic rings. The van der Waals surface area contributed by atoms with Gasteiger partial charge in [-0.2, -0.15) is 0 Å².